The van der Waals surface area contributed by atoms with E-state index in [1.54, 1.807) is 0 Å². The number of hydrogen-bond donors (Lipinski definition) is 2. The van der Waals surface area contributed by atoms with Gasteiger partial charge in [-0.1, -0.05) is 13.8 Å². The van der Waals surface area contributed by atoms with Gasteiger partial charge in [0.25, 0.3) is 0 Å². The summed E-state index contributed by atoms with van der Waals surface area (Å²) in [5.41, 5.74) is 0. The van der Waals surface area contributed by atoms with E-state index in [0.29, 0.717) is 12.1 Å². The quantitative estimate of drug-likeness (QED) is 0.614. The van der Waals surface area contributed by atoms with Gasteiger partial charge in [-0.15, -0.1) is 0 Å². The van der Waals surface area contributed by atoms with Crippen molar-refractivity contribution >= 4 is 7.80 Å². The minimum absolute atomic E-state index is 0.226. The predicted octanol–water partition coefficient (Wildman–Crippen LogP) is 0.823. The first-order chi connectivity index (χ1) is 5.06. The summed E-state index contributed by atoms with van der Waals surface area (Å²) >= 11 is 0. The number of rotatable bonds is 5. The Balaban J connectivity index is 3.52. The fourth-order valence-electron chi connectivity index (χ4n) is 0.775. The normalized spacial score (nSPS) is 15.2. The lowest BCUT2D eigenvalue weighted by atomic mass is 10.3. The second kappa shape index (κ2) is 5.64. The summed E-state index contributed by atoms with van der Waals surface area (Å²) < 4.78 is 11.1. The van der Waals surface area contributed by atoms with Gasteiger partial charge in [-0.05, 0) is 5.92 Å². The van der Waals surface area contributed by atoms with Gasteiger partial charge < -0.3 is 10.2 Å². The Kier molecular flexibility index (Phi) is 5.65. The molecule has 11 heavy (non-hydrogen) atoms. The minimum Gasteiger partial charge on any atom is -0.394 e. The first kappa shape index (κ1) is 11.0. The van der Waals surface area contributed by atoms with Crippen molar-refractivity contribution < 1.29 is 14.8 Å². The van der Waals surface area contributed by atoms with Gasteiger partial charge in [0, 0.05) is 12.3 Å². The molecule has 2 unspecified atom stereocenters. The maximum Gasteiger partial charge on any atom is 0.0870 e. The van der Waals surface area contributed by atoms with E-state index >= 15 is 0 Å². The lowest BCUT2D eigenvalue weighted by Crippen LogP contribution is -2.15. The number of hydrogen-bond acceptors (Lipinski definition) is 3. The van der Waals surface area contributed by atoms with Crippen LogP contribution in [0.5, 0.6) is 0 Å². The summed E-state index contributed by atoms with van der Waals surface area (Å²) in [4.78, 5) is 0. The van der Waals surface area contributed by atoms with E-state index in [9.17, 15) is 4.57 Å². The smallest absolute Gasteiger partial charge is 0.0870 e. The van der Waals surface area contributed by atoms with Gasteiger partial charge in [-0.2, -0.15) is 0 Å². The van der Waals surface area contributed by atoms with Crippen molar-refractivity contribution in [2.24, 2.45) is 5.92 Å². The molecule has 1 radical (unpaired) electrons. The lowest BCUT2D eigenvalue weighted by molar-refractivity contribution is 0.112. The van der Waals surface area contributed by atoms with Crippen molar-refractivity contribution in [1.29, 1.82) is 0 Å². The van der Waals surface area contributed by atoms with Crippen LogP contribution in [0.15, 0.2) is 0 Å². The van der Waals surface area contributed by atoms with Crippen molar-refractivity contribution in [2.45, 2.75) is 20.0 Å². The Hall–Kier alpha value is 0.0200. The van der Waals surface area contributed by atoms with E-state index in [1.165, 1.54) is 0 Å². The Bertz CT molecular complexity index is 125. The van der Waals surface area contributed by atoms with Crippen LogP contribution in [0.25, 0.3) is 0 Å². The standard InChI is InChI=1S/C7H16O3P/c1-6(2)4-11(10)5-7(9)3-8/h6-9H,3-5H2,1-2H3. The Morgan fingerprint density at radius 1 is 1.36 bits per heavy atom. The van der Waals surface area contributed by atoms with E-state index in [2.05, 4.69) is 0 Å². The van der Waals surface area contributed by atoms with E-state index < -0.39 is 13.9 Å². The van der Waals surface area contributed by atoms with Crippen LogP contribution in [0.1, 0.15) is 13.8 Å². The second-order valence-electron chi connectivity index (χ2n) is 3.08. The van der Waals surface area contributed by atoms with Crippen LogP contribution in [0, 0.1) is 5.92 Å². The molecule has 0 aliphatic rings. The molecule has 0 amide bonds. The number of aliphatic hydroxyl groups excluding tert-OH is 2. The molecular weight excluding hydrogens is 163 g/mol. The largest absolute Gasteiger partial charge is 0.394 e. The molecule has 0 saturated heterocycles. The second-order valence-corrected chi connectivity index (χ2v) is 4.77. The zero-order valence-corrected chi connectivity index (χ0v) is 7.92. The molecule has 2 N–H and O–H groups in total. The van der Waals surface area contributed by atoms with Gasteiger partial charge in [-0.25, -0.2) is 0 Å². The molecule has 0 bridgehead atoms. The topological polar surface area (TPSA) is 57.5 Å². The fourth-order valence-corrected chi connectivity index (χ4v) is 2.32. The van der Waals surface area contributed by atoms with Crippen LogP contribution in [0.2, 0.25) is 0 Å². The van der Waals surface area contributed by atoms with Crippen LogP contribution in [0.3, 0.4) is 0 Å². The predicted molar refractivity (Wildman–Crippen MR) is 45.3 cm³/mol. The monoisotopic (exact) mass is 179 g/mol. The lowest BCUT2D eigenvalue weighted by Gasteiger charge is -2.07. The third-order valence-electron chi connectivity index (χ3n) is 1.19. The van der Waals surface area contributed by atoms with Crippen molar-refractivity contribution in [3.63, 3.8) is 0 Å². The van der Waals surface area contributed by atoms with Crippen LogP contribution in [-0.2, 0) is 4.57 Å². The van der Waals surface area contributed by atoms with Crippen LogP contribution in [0.4, 0.5) is 0 Å². The van der Waals surface area contributed by atoms with Crippen molar-refractivity contribution in [2.75, 3.05) is 18.9 Å². The molecule has 0 aliphatic heterocycles. The fraction of sp³-hybridized carbons (Fsp3) is 1.00. The Morgan fingerprint density at radius 2 is 1.91 bits per heavy atom. The average molecular weight is 179 g/mol. The third kappa shape index (κ3) is 6.42. The molecule has 67 valence electrons. The Morgan fingerprint density at radius 3 is 2.27 bits per heavy atom. The van der Waals surface area contributed by atoms with E-state index in [4.69, 9.17) is 10.2 Å². The number of aliphatic hydroxyl groups is 2. The highest BCUT2D eigenvalue weighted by molar-refractivity contribution is 7.44. The van der Waals surface area contributed by atoms with Gasteiger partial charge >= 0.3 is 0 Å². The molecule has 0 rings (SSSR count). The van der Waals surface area contributed by atoms with Crippen molar-refractivity contribution in [1.82, 2.24) is 0 Å². The molecular formula is C7H16O3P. The van der Waals surface area contributed by atoms with Crippen molar-refractivity contribution in [3.05, 3.63) is 0 Å². The van der Waals surface area contributed by atoms with Gasteiger partial charge in [-0.3, -0.25) is 4.57 Å². The molecule has 0 spiro atoms. The molecule has 0 aromatic heterocycles. The molecule has 0 aliphatic carbocycles. The zero-order valence-electron chi connectivity index (χ0n) is 7.03. The Labute approximate surface area is 68.2 Å². The minimum atomic E-state index is -1.33. The zero-order chi connectivity index (χ0) is 8.85. The molecule has 3 nitrogen and oxygen atoms in total. The third-order valence-corrected chi connectivity index (χ3v) is 3.16. The first-order valence-electron chi connectivity index (χ1n) is 3.77. The maximum absolute atomic E-state index is 11.1. The van der Waals surface area contributed by atoms with Gasteiger partial charge in [0.2, 0.25) is 0 Å². The highest BCUT2D eigenvalue weighted by atomic mass is 31.1. The summed E-state index contributed by atoms with van der Waals surface area (Å²) in [5.74, 6) is 0.393. The molecule has 4 heteroatoms. The van der Waals surface area contributed by atoms with Gasteiger partial charge in [0.1, 0.15) is 0 Å². The highest BCUT2D eigenvalue weighted by Gasteiger charge is 2.09. The van der Waals surface area contributed by atoms with E-state index in [1.807, 2.05) is 13.8 Å². The summed E-state index contributed by atoms with van der Waals surface area (Å²) in [5, 5.41) is 17.3. The summed E-state index contributed by atoms with van der Waals surface area (Å²) in [6.45, 7) is 3.68. The summed E-state index contributed by atoms with van der Waals surface area (Å²) in [7, 11) is -1.33. The molecule has 0 heterocycles. The summed E-state index contributed by atoms with van der Waals surface area (Å²) in [6, 6.07) is 0. The molecule has 2 atom stereocenters. The summed E-state index contributed by atoms with van der Waals surface area (Å²) in [6.07, 6.45) is 0.0495. The van der Waals surface area contributed by atoms with Crippen molar-refractivity contribution in [3.8, 4) is 0 Å². The molecule has 0 aromatic rings. The SMILES string of the molecule is CC(C)C[P](=O)CC(O)CO. The molecule has 0 fully saturated rings. The first-order valence-corrected chi connectivity index (χ1v) is 5.40. The van der Waals surface area contributed by atoms with Crippen LogP contribution >= 0.6 is 7.80 Å². The molecule has 0 aromatic carbocycles. The van der Waals surface area contributed by atoms with Gasteiger partial charge in [0.05, 0.1) is 20.5 Å². The van der Waals surface area contributed by atoms with Crippen LogP contribution in [-0.4, -0.2) is 35.2 Å². The van der Waals surface area contributed by atoms with E-state index in [0.717, 1.165) is 0 Å². The highest BCUT2D eigenvalue weighted by Crippen LogP contribution is 2.24. The van der Waals surface area contributed by atoms with Crippen LogP contribution < -0.4 is 0 Å². The average Bonchev–Trinajstić information content (AvgIpc) is 1.85. The van der Waals surface area contributed by atoms with Gasteiger partial charge in [0.15, 0.2) is 0 Å². The van der Waals surface area contributed by atoms with E-state index in [-0.39, 0.29) is 12.8 Å². The molecule has 0 saturated carbocycles. The maximum atomic E-state index is 11.1.